The third-order valence-corrected chi connectivity index (χ3v) is 10.3. The van der Waals surface area contributed by atoms with Gasteiger partial charge in [0.05, 0.1) is 39.8 Å². The summed E-state index contributed by atoms with van der Waals surface area (Å²) in [5, 5.41) is 17.8. The summed E-state index contributed by atoms with van der Waals surface area (Å²) in [4.78, 5) is 43.9. The highest BCUT2D eigenvalue weighted by atomic mass is 16.5. The van der Waals surface area contributed by atoms with Gasteiger partial charge in [0.15, 0.2) is 0 Å². The first-order valence-electron chi connectivity index (χ1n) is 23.2. The molecule has 15 nitrogen and oxygen atoms in total. The Kier molecular flexibility index (Phi) is 24.6. The SMILES string of the molecule is COC(=O)/C=C/c1ccc(N)cc1.COC(=O)/C=C/c1ccc(NCc2ccc(OC)cc2)cc1.COc1ccc(CNc2ccc(/C=C/C(=O)Nc3ccccc3N)cc2)cc1.Nc1ccc(/C=C/C(=O)O)cc1. The molecule has 7 aromatic carbocycles. The molecule has 0 radical (unpaired) electrons. The summed E-state index contributed by atoms with van der Waals surface area (Å²) in [6, 6.07) is 52.9. The monoisotopic (exact) mass is 1010 g/mol. The van der Waals surface area contributed by atoms with E-state index in [-0.39, 0.29) is 17.8 Å². The average Bonchev–Trinajstić information content (AvgIpc) is 3.44. The first kappa shape index (κ1) is 57.6. The van der Waals surface area contributed by atoms with E-state index in [2.05, 4.69) is 25.4 Å². The van der Waals surface area contributed by atoms with E-state index in [1.165, 1.54) is 49.7 Å². The normalized spacial score (nSPS) is 10.5. The van der Waals surface area contributed by atoms with Crippen molar-refractivity contribution in [2.45, 2.75) is 13.1 Å². The third kappa shape index (κ3) is 23.2. The summed E-state index contributed by atoms with van der Waals surface area (Å²) in [7, 11) is 6.02. The van der Waals surface area contributed by atoms with Gasteiger partial charge in [-0.1, -0.05) is 84.9 Å². The minimum Gasteiger partial charge on any atom is -0.497 e. The van der Waals surface area contributed by atoms with Gasteiger partial charge in [-0.3, -0.25) is 4.79 Å². The maximum atomic E-state index is 12.0. The van der Waals surface area contributed by atoms with Gasteiger partial charge in [0.1, 0.15) is 11.5 Å². The smallest absolute Gasteiger partial charge is 0.330 e. The van der Waals surface area contributed by atoms with Crippen LogP contribution in [0.5, 0.6) is 11.5 Å². The summed E-state index contributed by atoms with van der Waals surface area (Å²) in [6.07, 6.45) is 12.0. The number of amides is 1. The number of hydrogen-bond acceptors (Lipinski definition) is 13. The van der Waals surface area contributed by atoms with Crippen molar-refractivity contribution < 1.29 is 43.2 Å². The number of benzene rings is 7. The van der Waals surface area contributed by atoms with Gasteiger partial charge < -0.3 is 57.2 Å². The number of carbonyl (C=O) groups excluding carboxylic acids is 3. The summed E-state index contributed by atoms with van der Waals surface area (Å²) in [6.45, 7) is 1.46. The number of ether oxygens (including phenoxy) is 4. The molecule has 1 amide bonds. The number of nitrogens with one attached hydrogen (secondary N) is 3. The molecule has 0 spiro atoms. The molecule has 0 unspecified atom stereocenters. The van der Waals surface area contributed by atoms with E-state index in [1.807, 2.05) is 121 Å². The van der Waals surface area contributed by atoms with Gasteiger partial charge >= 0.3 is 17.9 Å². The summed E-state index contributed by atoms with van der Waals surface area (Å²) >= 11 is 0. The van der Waals surface area contributed by atoms with Crippen molar-refractivity contribution in [1.29, 1.82) is 0 Å². The first-order chi connectivity index (χ1) is 36.2. The minimum atomic E-state index is -0.952. The van der Waals surface area contributed by atoms with E-state index < -0.39 is 5.97 Å². The van der Waals surface area contributed by atoms with Crippen molar-refractivity contribution in [3.8, 4) is 11.5 Å². The number of carboxylic acids is 1. The second kappa shape index (κ2) is 32.1. The summed E-state index contributed by atoms with van der Waals surface area (Å²) < 4.78 is 19.3. The van der Waals surface area contributed by atoms with Crippen molar-refractivity contribution in [1.82, 2.24) is 0 Å². The third-order valence-electron chi connectivity index (χ3n) is 10.3. The maximum absolute atomic E-state index is 12.0. The minimum absolute atomic E-state index is 0.223. The molecule has 7 aromatic rings. The fraction of sp³-hybridized carbons (Fsp3) is 0.100. The van der Waals surface area contributed by atoms with Crippen LogP contribution in [0.2, 0.25) is 0 Å². The van der Waals surface area contributed by atoms with Crippen molar-refractivity contribution in [3.63, 3.8) is 0 Å². The van der Waals surface area contributed by atoms with Crippen LogP contribution >= 0.6 is 0 Å². The van der Waals surface area contributed by atoms with E-state index in [0.717, 1.165) is 64.3 Å². The number of methoxy groups -OCH3 is 4. The zero-order chi connectivity index (χ0) is 54.2. The van der Waals surface area contributed by atoms with Crippen LogP contribution in [-0.4, -0.2) is 57.4 Å². The molecule has 7 rings (SSSR count). The van der Waals surface area contributed by atoms with Gasteiger partial charge in [-0.25, -0.2) is 14.4 Å². The van der Waals surface area contributed by atoms with Crippen molar-refractivity contribution in [2.24, 2.45) is 0 Å². The largest absolute Gasteiger partial charge is 0.497 e. The van der Waals surface area contributed by atoms with E-state index in [1.54, 1.807) is 81.0 Å². The van der Waals surface area contributed by atoms with Gasteiger partial charge in [-0.2, -0.15) is 0 Å². The van der Waals surface area contributed by atoms with E-state index in [4.69, 9.17) is 31.8 Å². The van der Waals surface area contributed by atoms with Crippen LogP contribution in [0.25, 0.3) is 24.3 Å². The molecule has 0 atom stereocenters. The predicted molar refractivity (Wildman–Crippen MR) is 303 cm³/mol. The van der Waals surface area contributed by atoms with Crippen LogP contribution in [0.15, 0.2) is 194 Å². The van der Waals surface area contributed by atoms with Gasteiger partial charge in [0.2, 0.25) is 5.91 Å². The molecule has 15 heteroatoms. The van der Waals surface area contributed by atoms with Crippen LogP contribution in [0.1, 0.15) is 33.4 Å². The van der Waals surface area contributed by atoms with Crippen LogP contribution < -0.4 is 42.6 Å². The molecule has 0 aromatic heterocycles. The van der Waals surface area contributed by atoms with Crippen molar-refractivity contribution in [3.05, 3.63) is 228 Å². The van der Waals surface area contributed by atoms with Crippen LogP contribution in [0.3, 0.4) is 0 Å². The van der Waals surface area contributed by atoms with Gasteiger partial charge in [-0.05, 0) is 143 Å². The fourth-order valence-electron chi connectivity index (χ4n) is 6.12. The molecule has 0 fully saturated rings. The lowest BCUT2D eigenvalue weighted by molar-refractivity contribution is -0.135. The zero-order valence-corrected chi connectivity index (χ0v) is 42.1. The zero-order valence-electron chi connectivity index (χ0n) is 42.1. The van der Waals surface area contributed by atoms with Crippen molar-refractivity contribution >= 4 is 82.2 Å². The number of aliphatic carboxylic acids is 1. The molecule has 0 saturated heterocycles. The number of hydrogen-bond donors (Lipinski definition) is 7. The molecular formula is C60H62N6O9. The lowest BCUT2D eigenvalue weighted by Crippen LogP contribution is -2.09. The average molecular weight is 1010 g/mol. The number of rotatable bonds is 17. The lowest BCUT2D eigenvalue weighted by atomic mass is 10.1. The Morgan fingerprint density at radius 2 is 0.813 bits per heavy atom. The number of nitrogen functional groups attached to an aromatic ring is 3. The number of nitrogens with two attached hydrogens (primary N) is 3. The number of esters is 2. The number of carbonyl (C=O) groups is 4. The standard InChI is InChI=1S/C23H23N3O2.C18H19NO3.C10H11NO2.C9H9NO2/c1-28-20-13-8-18(9-14-20)16-25-19-11-6-17(7-12-19)10-15-23(27)26-22-5-3-2-4-21(22)24;1-21-17-10-5-15(6-11-17)13-19-16-8-3-14(4-9-16)7-12-18(20)22-2;1-13-10(12)7-4-8-2-5-9(11)6-3-8;10-8-4-1-7(2-5-8)3-6-9(11)12/h2-15,25H,16,24H2,1H3,(H,26,27);3-12,19H,13H2,1-2H3;2-7H,11H2,1H3;1-6H,10H2,(H,11,12)/b15-10+;12-7+;7-4+;6-3+. The number of para-hydroxylation sites is 2. The highest BCUT2D eigenvalue weighted by molar-refractivity contribution is 6.03. The quantitative estimate of drug-likeness (QED) is 0.0255. The highest BCUT2D eigenvalue weighted by Crippen LogP contribution is 2.19. The Hall–Kier alpha value is -10.0. The second-order valence-electron chi connectivity index (χ2n) is 15.8. The molecule has 0 aliphatic carbocycles. The number of anilines is 6. The lowest BCUT2D eigenvalue weighted by Gasteiger charge is -2.08. The second-order valence-corrected chi connectivity index (χ2v) is 15.8. The number of carboxylic acid groups (broad SMARTS) is 1. The summed E-state index contributed by atoms with van der Waals surface area (Å²) in [5.41, 5.74) is 27.3. The predicted octanol–water partition coefficient (Wildman–Crippen LogP) is 10.9. The van der Waals surface area contributed by atoms with Crippen LogP contribution in [0, 0.1) is 0 Å². The van der Waals surface area contributed by atoms with Crippen LogP contribution in [0.4, 0.5) is 34.1 Å². The van der Waals surface area contributed by atoms with Gasteiger partial charge in [-0.15, -0.1) is 0 Å². The van der Waals surface area contributed by atoms with E-state index in [0.29, 0.717) is 22.7 Å². The van der Waals surface area contributed by atoms with Gasteiger partial charge in [0, 0.05) is 60.1 Å². The molecule has 10 N–H and O–H groups in total. The van der Waals surface area contributed by atoms with Crippen molar-refractivity contribution in [2.75, 3.05) is 61.6 Å². The molecule has 75 heavy (non-hydrogen) atoms. The van der Waals surface area contributed by atoms with Gasteiger partial charge in [0.25, 0.3) is 0 Å². The highest BCUT2D eigenvalue weighted by Gasteiger charge is 2.02. The fourth-order valence-corrected chi connectivity index (χ4v) is 6.12. The van der Waals surface area contributed by atoms with E-state index in [9.17, 15) is 19.2 Å². The van der Waals surface area contributed by atoms with E-state index >= 15 is 0 Å². The molecule has 0 aliphatic heterocycles. The molecule has 386 valence electrons. The molecule has 0 heterocycles. The molecule has 0 bridgehead atoms. The topological polar surface area (TPSA) is 240 Å². The Balaban J connectivity index is 0.000000230. The Labute approximate surface area is 437 Å². The Bertz CT molecular complexity index is 2970. The first-order valence-corrected chi connectivity index (χ1v) is 23.2. The molecular weight excluding hydrogens is 949 g/mol. The Morgan fingerprint density at radius 3 is 1.17 bits per heavy atom. The Morgan fingerprint density at radius 1 is 0.453 bits per heavy atom. The molecule has 0 saturated carbocycles. The maximum Gasteiger partial charge on any atom is 0.330 e. The van der Waals surface area contributed by atoms with Crippen LogP contribution in [-0.2, 0) is 41.7 Å². The molecule has 0 aliphatic rings. The summed E-state index contributed by atoms with van der Waals surface area (Å²) in [5.74, 6) is -0.200.